The Morgan fingerprint density at radius 3 is 2.61 bits per heavy atom. The molecule has 3 rings (SSSR count). The summed E-state index contributed by atoms with van der Waals surface area (Å²) in [5.41, 5.74) is 3.40. The highest BCUT2D eigenvalue weighted by Crippen LogP contribution is 2.24. The van der Waals surface area contributed by atoms with Crippen molar-refractivity contribution in [3.63, 3.8) is 0 Å². The van der Waals surface area contributed by atoms with Crippen molar-refractivity contribution in [3.05, 3.63) is 51.6 Å². The highest BCUT2D eigenvalue weighted by atomic mass is 16.4. The summed E-state index contributed by atoms with van der Waals surface area (Å²) in [6.07, 6.45) is 0. The number of nitrogens with zero attached hydrogens (tertiary/aromatic N) is 1. The fourth-order valence-corrected chi connectivity index (χ4v) is 2.34. The Hall–Kier alpha value is -2.16. The zero-order valence-electron chi connectivity index (χ0n) is 10.6. The van der Waals surface area contributed by atoms with Gasteiger partial charge in [-0.15, -0.1) is 0 Å². The molecule has 0 bridgehead atoms. The van der Waals surface area contributed by atoms with Crippen molar-refractivity contribution >= 4 is 21.8 Å². The average Bonchev–Trinajstić information content (AvgIpc) is 2.29. The number of rotatable bonds is 0. The molecular weight excluding hydrogens is 226 g/mol. The topological polar surface area (TPSA) is 43.1 Å². The zero-order chi connectivity index (χ0) is 12.9. The molecule has 1 aromatic carbocycles. The van der Waals surface area contributed by atoms with Crippen molar-refractivity contribution in [1.82, 2.24) is 4.98 Å². The van der Waals surface area contributed by atoms with E-state index in [0.717, 1.165) is 22.0 Å². The zero-order valence-corrected chi connectivity index (χ0v) is 10.6. The third kappa shape index (κ3) is 1.51. The smallest absolute Gasteiger partial charge is 0.345 e. The Labute approximate surface area is 104 Å². The minimum atomic E-state index is -0.307. The second-order valence-electron chi connectivity index (χ2n) is 4.66. The van der Waals surface area contributed by atoms with Gasteiger partial charge in [0.05, 0.1) is 16.4 Å². The standard InChI is InChI=1S/C15H13NO2/c1-8-4-5-12-11(6-8)10(3)14-13(16-12)7-9(2)18-15(14)17/h4-7H,1-3H3. The Morgan fingerprint density at radius 2 is 1.83 bits per heavy atom. The summed E-state index contributed by atoms with van der Waals surface area (Å²) in [4.78, 5) is 16.5. The van der Waals surface area contributed by atoms with Gasteiger partial charge >= 0.3 is 5.63 Å². The van der Waals surface area contributed by atoms with Crippen molar-refractivity contribution in [1.29, 1.82) is 0 Å². The predicted octanol–water partition coefficient (Wildman–Crippen LogP) is 3.27. The van der Waals surface area contributed by atoms with Crippen LogP contribution in [0.15, 0.2) is 33.5 Å². The first-order chi connectivity index (χ1) is 8.56. The second kappa shape index (κ2) is 3.67. The molecule has 0 radical (unpaired) electrons. The number of hydrogen-bond donors (Lipinski definition) is 0. The van der Waals surface area contributed by atoms with Gasteiger partial charge in [0.25, 0.3) is 0 Å². The lowest BCUT2D eigenvalue weighted by Gasteiger charge is -2.07. The van der Waals surface area contributed by atoms with Gasteiger partial charge in [0, 0.05) is 11.5 Å². The second-order valence-corrected chi connectivity index (χ2v) is 4.66. The summed E-state index contributed by atoms with van der Waals surface area (Å²) in [5.74, 6) is 0.589. The van der Waals surface area contributed by atoms with Crippen LogP contribution in [0.25, 0.3) is 21.8 Å². The van der Waals surface area contributed by atoms with E-state index in [1.807, 2.05) is 32.0 Å². The fraction of sp³-hybridized carbons (Fsp3) is 0.200. The lowest BCUT2D eigenvalue weighted by Crippen LogP contribution is -2.04. The Kier molecular flexibility index (Phi) is 2.23. The predicted molar refractivity (Wildman–Crippen MR) is 72.0 cm³/mol. The Bertz CT molecular complexity index is 831. The normalized spacial score (nSPS) is 11.3. The van der Waals surface area contributed by atoms with Gasteiger partial charge in [-0.3, -0.25) is 0 Å². The van der Waals surface area contributed by atoms with E-state index in [4.69, 9.17) is 4.42 Å². The fourth-order valence-electron chi connectivity index (χ4n) is 2.34. The van der Waals surface area contributed by atoms with Crippen LogP contribution in [0.3, 0.4) is 0 Å². The molecule has 0 amide bonds. The monoisotopic (exact) mass is 239 g/mol. The van der Waals surface area contributed by atoms with Crippen LogP contribution in [0, 0.1) is 20.8 Å². The molecule has 2 aromatic heterocycles. The summed E-state index contributed by atoms with van der Waals surface area (Å²) >= 11 is 0. The summed E-state index contributed by atoms with van der Waals surface area (Å²) in [5, 5.41) is 1.59. The molecule has 2 heterocycles. The Morgan fingerprint density at radius 1 is 1.06 bits per heavy atom. The summed E-state index contributed by atoms with van der Waals surface area (Å²) in [6, 6.07) is 7.87. The van der Waals surface area contributed by atoms with Crippen LogP contribution in [0.4, 0.5) is 0 Å². The first-order valence-corrected chi connectivity index (χ1v) is 5.87. The highest BCUT2D eigenvalue weighted by Gasteiger charge is 2.10. The van der Waals surface area contributed by atoms with Crippen molar-refractivity contribution in [2.75, 3.05) is 0 Å². The molecule has 0 fully saturated rings. The van der Waals surface area contributed by atoms with E-state index >= 15 is 0 Å². The lowest BCUT2D eigenvalue weighted by molar-refractivity contribution is 0.488. The average molecular weight is 239 g/mol. The third-order valence-corrected chi connectivity index (χ3v) is 3.23. The van der Waals surface area contributed by atoms with Gasteiger partial charge in [-0.25, -0.2) is 9.78 Å². The van der Waals surface area contributed by atoms with Gasteiger partial charge in [-0.1, -0.05) is 11.6 Å². The van der Waals surface area contributed by atoms with Crippen LogP contribution >= 0.6 is 0 Å². The molecule has 0 N–H and O–H groups in total. The number of pyridine rings is 1. The van der Waals surface area contributed by atoms with E-state index in [1.165, 1.54) is 0 Å². The van der Waals surface area contributed by atoms with E-state index in [2.05, 4.69) is 11.1 Å². The molecule has 90 valence electrons. The maximum atomic E-state index is 11.9. The SMILES string of the molecule is Cc1ccc2nc3cc(C)oc(=O)c3c(C)c2c1. The molecule has 0 saturated heterocycles. The summed E-state index contributed by atoms with van der Waals surface area (Å²) < 4.78 is 5.15. The minimum Gasteiger partial charge on any atom is -0.428 e. The van der Waals surface area contributed by atoms with E-state index in [9.17, 15) is 4.79 Å². The Balaban J connectivity index is 2.61. The lowest BCUT2D eigenvalue weighted by atomic mass is 10.0. The van der Waals surface area contributed by atoms with Crippen molar-refractivity contribution in [2.45, 2.75) is 20.8 Å². The largest absolute Gasteiger partial charge is 0.428 e. The van der Waals surface area contributed by atoms with Crippen LogP contribution in [0.2, 0.25) is 0 Å². The van der Waals surface area contributed by atoms with E-state index in [-0.39, 0.29) is 5.63 Å². The number of fused-ring (bicyclic) bond motifs is 2. The molecule has 0 spiro atoms. The first kappa shape index (κ1) is 11.0. The van der Waals surface area contributed by atoms with Crippen LogP contribution in [0.5, 0.6) is 0 Å². The maximum absolute atomic E-state index is 11.9. The van der Waals surface area contributed by atoms with Gasteiger partial charge in [0.15, 0.2) is 0 Å². The van der Waals surface area contributed by atoms with Crippen LogP contribution < -0.4 is 5.63 Å². The minimum absolute atomic E-state index is 0.307. The molecule has 0 aliphatic carbocycles. The van der Waals surface area contributed by atoms with Crippen LogP contribution in [-0.4, -0.2) is 4.98 Å². The maximum Gasteiger partial charge on any atom is 0.345 e. The number of benzene rings is 1. The molecule has 0 atom stereocenters. The number of hydrogen-bond acceptors (Lipinski definition) is 3. The molecule has 0 aliphatic rings. The van der Waals surface area contributed by atoms with Gasteiger partial charge in [-0.2, -0.15) is 0 Å². The third-order valence-electron chi connectivity index (χ3n) is 3.23. The van der Waals surface area contributed by atoms with Crippen molar-refractivity contribution in [3.8, 4) is 0 Å². The van der Waals surface area contributed by atoms with E-state index < -0.39 is 0 Å². The van der Waals surface area contributed by atoms with Crippen molar-refractivity contribution < 1.29 is 4.42 Å². The molecule has 0 aliphatic heterocycles. The molecule has 3 nitrogen and oxygen atoms in total. The molecule has 0 unspecified atom stereocenters. The molecule has 3 aromatic rings. The van der Waals surface area contributed by atoms with Crippen molar-refractivity contribution in [2.24, 2.45) is 0 Å². The van der Waals surface area contributed by atoms with E-state index in [1.54, 1.807) is 6.92 Å². The summed E-state index contributed by atoms with van der Waals surface area (Å²) in [6.45, 7) is 5.73. The molecule has 3 heteroatoms. The molecular formula is C15H13NO2. The number of aromatic nitrogens is 1. The highest BCUT2D eigenvalue weighted by molar-refractivity contribution is 5.96. The molecule has 0 saturated carbocycles. The quantitative estimate of drug-likeness (QED) is 0.565. The van der Waals surface area contributed by atoms with E-state index in [0.29, 0.717) is 16.7 Å². The first-order valence-electron chi connectivity index (χ1n) is 5.87. The van der Waals surface area contributed by atoms with Crippen LogP contribution in [0.1, 0.15) is 16.9 Å². The number of aryl methyl sites for hydroxylation is 3. The van der Waals surface area contributed by atoms with Gasteiger partial charge in [0.1, 0.15) is 5.76 Å². The van der Waals surface area contributed by atoms with Gasteiger partial charge in [0.2, 0.25) is 0 Å². The van der Waals surface area contributed by atoms with Gasteiger partial charge < -0.3 is 4.42 Å². The van der Waals surface area contributed by atoms with Gasteiger partial charge in [-0.05, 0) is 38.5 Å². The summed E-state index contributed by atoms with van der Waals surface area (Å²) in [7, 11) is 0. The molecule has 18 heavy (non-hydrogen) atoms. The van der Waals surface area contributed by atoms with Crippen LogP contribution in [-0.2, 0) is 0 Å².